The molecule has 0 fully saturated rings. The van der Waals surface area contributed by atoms with Crippen LogP contribution in [0.2, 0.25) is 0 Å². The number of nitrogens with zero attached hydrogens (tertiary/aromatic N) is 1. The van der Waals surface area contributed by atoms with E-state index in [4.69, 9.17) is 9.84 Å². The van der Waals surface area contributed by atoms with Crippen LogP contribution in [0.3, 0.4) is 0 Å². The highest BCUT2D eigenvalue weighted by Crippen LogP contribution is 2.11. The summed E-state index contributed by atoms with van der Waals surface area (Å²) in [5.41, 5.74) is 0.882. The summed E-state index contributed by atoms with van der Waals surface area (Å²) in [5.74, 6) is -0.529. The van der Waals surface area contributed by atoms with Crippen molar-refractivity contribution >= 4 is 5.97 Å². The Hall–Kier alpha value is -1.62. The Kier molecular flexibility index (Phi) is 4.05. The molecule has 82 valence electrons. The van der Waals surface area contributed by atoms with Crippen molar-refractivity contribution in [1.29, 1.82) is 0 Å². The highest BCUT2D eigenvalue weighted by Gasteiger charge is 2.12. The summed E-state index contributed by atoms with van der Waals surface area (Å²) in [7, 11) is 1.83. The number of nitrogens with one attached hydrogen (secondary N) is 1. The molecule has 1 aromatic rings. The predicted octanol–water partition coefficient (Wildman–Crippen LogP) is 0.653. The van der Waals surface area contributed by atoms with Crippen LogP contribution < -0.4 is 10.1 Å². The summed E-state index contributed by atoms with van der Waals surface area (Å²) in [4.78, 5) is 14.6. The third kappa shape index (κ3) is 3.55. The second-order valence-electron chi connectivity index (χ2n) is 3.11. The van der Waals surface area contributed by atoms with E-state index in [-0.39, 0.29) is 0 Å². The molecule has 15 heavy (non-hydrogen) atoms. The molecule has 1 atom stereocenters. The minimum absolute atomic E-state index is 0.463. The Morgan fingerprint density at radius 1 is 1.67 bits per heavy atom. The Labute approximate surface area is 88.1 Å². The summed E-state index contributed by atoms with van der Waals surface area (Å²) in [5, 5.41) is 11.6. The normalized spacial score (nSPS) is 12.1. The van der Waals surface area contributed by atoms with Gasteiger partial charge in [0.2, 0.25) is 0 Å². The molecular formula is C10H14N2O3. The van der Waals surface area contributed by atoms with Gasteiger partial charge in [0, 0.05) is 6.54 Å². The fourth-order valence-electron chi connectivity index (χ4n) is 1.02. The van der Waals surface area contributed by atoms with Gasteiger partial charge in [-0.1, -0.05) is 0 Å². The van der Waals surface area contributed by atoms with Crippen molar-refractivity contribution in [2.45, 2.75) is 19.6 Å². The van der Waals surface area contributed by atoms with Gasteiger partial charge in [-0.2, -0.15) is 0 Å². The van der Waals surface area contributed by atoms with E-state index in [0.29, 0.717) is 12.3 Å². The summed E-state index contributed by atoms with van der Waals surface area (Å²) < 4.78 is 5.13. The number of ether oxygens (including phenoxy) is 1. The Bertz CT molecular complexity index is 324. The van der Waals surface area contributed by atoms with Crippen molar-refractivity contribution in [3.63, 3.8) is 0 Å². The fraction of sp³-hybridized carbons (Fsp3) is 0.400. The fourth-order valence-corrected chi connectivity index (χ4v) is 1.02. The van der Waals surface area contributed by atoms with Crippen LogP contribution in [-0.2, 0) is 11.3 Å². The number of hydrogen-bond donors (Lipinski definition) is 2. The molecule has 0 aromatic carbocycles. The zero-order valence-electron chi connectivity index (χ0n) is 8.73. The van der Waals surface area contributed by atoms with Crippen LogP contribution in [-0.4, -0.2) is 29.2 Å². The minimum atomic E-state index is -0.991. The Morgan fingerprint density at radius 2 is 2.40 bits per heavy atom. The number of carboxylic acids is 1. The molecule has 2 N–H and O–H groups in total. The lowest BCUT2D eigenvalue weighted by molar-refractivity contribution is -0.144. The number of carboxylic acid groups (broad SMARTS) is 1. The lowest BCUT2D eigenvalue weighted by Crippen LogP contribution is -2.22. The molecule has 0 saturated carbocycles. The van der Waals surface area contributed by atoms with E-state index in [1.54, 1.807) is 12.1 Å². The second-order valence-corrected chi connectivity index (χ2v) is 3.11. The maximum Gasteiger partial charge on any atom is 0.344 e. The van der Waals surface area contributed by atoms with Gasteiger partial charge < -0.3 is 15.2 Å². The first-order chi connectivity index (χ1) is 7.13. The van der Waals surface area contributed by atoms with E-state index in [1.165, 1.54) is 13.1 Å². The van der Waals surface area contributed by atoms with E-state index in [1.807, 2.05) is 7.05 Å². The van der Waals surface area contributed by atoms with Crippen LogP contribution in [0.4, 0.5) is 0 Å². The molecule has 1 rings (SSSR count). The summed E-state index contributed by atoms with van der Waals surface area (Å²) in [6.45, 7) is 2.15. The highest BCUT2D eigenvalue weighted by atomic mass is 16.5. The van der Waals surface area contributed by atoms with Crippen LogP contribution >= 0.6 is 0 Å². The topological polar surface area (TPSA) is 71.5 Å². The van der Waals surface area contributed by atoms with E-state index in [0.717, 1.165) is 5.69 Å². The Morgan fingerprint density at radius 3 is 2.87 bits per heavy atom. The van der Waals surface area contributed by atoms with Crippen LogP contribution in [0.1, 0.15) is 12.6 Å². The number of aliphatic carboxylic acids is 1. The van der Waals surface area contributed by atoms with Gasteiger partial charge in [0.05, 0.1) is 11.9 Å². The zero-order chi connectivity index (χ0) is 11.3. The molecule has 0 bridgehead atoms. The number of carbonyl (C=O) groups is 1. The summed E-state index contributed by atoms with van der Waals surface area (Å²) >= 11 is 0. The average molecular weight is 210 g/mol. The van der Waals surface area contributed by atoms with Gasteiger partial charge in [0.25, 0.3) is 0 Å². The maximum atomic E-state index is 10.5. The molecule has 1 aromatic heterocycles. The summed E-state index contributed by atoms with van der Waals surface area (Å²) in [6, 6.07) is 3.50. The third-order valence-electron chi connectivity index (χ3n) is 1.82. The van der Waals surface area contributed by atoms with Gasteiger partial charge in [0.1, 0.15) is 5.75 Å². The molecule has 0 aliphatic rings. The largest absolute Gasteiger partial charge is 0.479 e. The van der Waals surface area contributed by atoms with Crippen molar-refractivity contribution < 1.29 is 14.6 Å². The smallest absolute Gasteiger partial charge is 0.344 e. The molecule has 0 aliphatic carbocycles. The predicted molar refractivity (Wildman–Crippen MR) is 54.7 cm³/mol. The number of hydrogen-bond acceptors (Lipinski definition) is 4. The second kappa shape index (κ2) is 5.31. The van der Waals surface area contributed by atoms with Gasteiger partial charge >= 0.3 is 5.97 Å². The molecule has 0 saturated heterocycles. The third-order valence-corrected chi connectivity index (χ3v) is 1.82. The first kappa shape index (κ1) is 11.5. The van der Waals surface area contributed by atoms with Crippen molar-refractivity contribution in [2.24, 2.45) is 0 Å². The van der Waals surface area contributed by atoms with Crippen LogP contribution in [0, 0.1) is 0 Å². The first-order valence-electron chi connectivity index (χ1n) is 4.62. The van der Waals surface area contributed by atoms with Crippen LogP contribution in [0.15, 0.2) is 18.3 Å². The molecule has 5 nitrogen and oxygen atoms in total. The molecule has 0 spiro atoms. The van der Waals surface area contributed by atoms with E-state index >= 15 is 0 Å². The van der Waals surface area contributed by atoms with E-state index in [2.05, 4.69) is 10.3 Å². The lowest BCUT2D eigenvalue weighted by Gasteiger charge is -2.09. The number of aromatic nitrogens is 1. The lowest BCUT2D eigenvalue weighted by atomic mass is 10.3. The van der Waals surface area contributed by atoms with E-state index in [9.17, 15) is 4.79 Å². The van der Waals surface area contributed by atoms with Gasteiger partial charge in [-0.15, -0.1) is 0 Å². The molecule has 0 radical (unpaired) electrons. The van der Waals surface area contributed by atoms with Crippen LogP contribution in [0.5, 0.6) is 5.75 Å². The molecule has 0 amide bonds. The number of rotatable bonds is 5. The van der Waals surface area contributed by atoms with Crippen LogP contribution in [0.25, 0.3) is 0 Å². The molecule has 0 aliphatic heterocycles. The van der Waals surface area contributed by atoms with Crippen molar-refractivity contribution in [2.75, 3.05) is 7.05 Å². The van der Waals surface area contributed by atoms with Gasteiger partial charge in [-0.3, -0.25) is 4.98 Å². The molecule has 5 heteroatoms. The van der Waals surface area contributed by atoms with Crippen molar-refractivity contribution in [1.82, 2.24) is 10.3 Å². The highest BCUT2D eigenvalue weighted by molar-refractivity contribution is 5.72. The maximum absolute atomic E-state index is 10.5. The standard InChI is InChI=1S/C10H14N2O3/c1-7(10(13)14)15-9-4-3-8(5-11-2)12-6-9/h3-4,6-7,11H,5H2,1-2H3,(H,13,14). The zero-order valence-corrected chi connectivity index (χ0v) is 8.73. The molecular weight excluding hydrogens is 196 g/mol. The van der Waals surface area contributed by atoms with Gasteiger partial charge in [-0.05, 0) is 26.1 Å². The molecule has 1 heterocycles. The SMILES string of the molecule is CNCc1ccc(OC(C)C(=O)O)cn1. The van der Waals surface area contributed by atoms with Crippen molar-refractivity contribution in [3.05, 3.63) is 24.0 Å². The number of pyridine rings is 1. The van der Waals surface area contributed by atoms with Crippen molar-refractivity contribution in [3.8, 4) is 5.75 Å². The first-order valence-corrected chi connectivity index (χ1v) is 4.62. The monoisotopic (exact) mass is 210 g/mol. The van der Waals surface area contributed by atoms with Gasteiger partial charge in [-0.25, -0.2) is 4.79 Å². The minimum Gasteiger partial charge on any atom is -0.479 e. The van der Waals surface area contributed by atoms with Gasteiger partial charge in [0.15, 0.2) is 6.10 Å². The average Bonchev–Trinajstić information content (AvgIpc) is 2.21. The molecule has 1 unspecified atom stereocenters. The Balaban J connectivity index is 2.60. The summed E-state index contributed by atoms with van der Waals surface area (Å²) in [6.07, 6.45) is 0.661. The van der Waals surface area contributed by atoms with E-state index < -0.39 is 12.1 Å². The quantitative estimate of drug-likeness (QED) is 0.746.